The van der Waals surface area contributed by atoms with E-state index in [4.69, 9.17) is 0 Å². The van der Waals surface area contributed by atoms with Crippen LogP contribution in [-0.4, -0.2) is 0 Å². The molecule has 2 heteroatoms. The molecule has 0 heterocycles. The van der Waals surface area contributed by atoms with Gasteiger partial charge in [0.15, 0.2) is 0 Å². The van der Waals surface area contributed by atoms with Crippen molar-refractivity contribution in [3.05, 3.63) is 216 Å². The molecule has 2 nitrogen and oxygen atoms in total. The van der Waals surface area contributed by atoms with Crippen molar-refractivity contribution in [1.82, 2.24) is 0 Å². The molecule has 0 amide bonds. The maximum Gasteiger partial charge on any atom is 0.0464 e. The number of aryl methyl sites for hydroxylation is 2. The van der Waals surface area contributed by atoms with E-state index in [0.717, 1.165) is 34.1 Å². The van der Waals surface area contributed by atoms with Gasteiger partial charge in [-0.05, 0) is 121 Å². The van der Waals surface area contributed by atoms with Crippen molar-refractivity contribution in [2.75, 3.05) is 9.80 Å². The quantitative estimate of drug-likeness (QED) is 0.148. The first-order chi connectivity index (χ1) is 23.5. The van der Waals surface area contributed by atoms with E-state index in [-0.39, 0.29) is 5.41 Å². The largest absolute Gasteiger partial charge is 0.310 e. The van der Waals surface area contributed by atoms with E-state index in [2.05, 4.69) is 219 Å². The van der Waals surface area contributed by atoms with Crippen LogP contribution in [0.1, 0.15) is 34.7 Å². The molecular weight excluding hydrogens is 581 g/mol. The lowest BCUT2D eigenvalue weighted by atomic mass is 9.71. The summed E-state index contributed by atoms with van der Waals surface area (Å²) in [6.07, 6.45) is 0. The molecule has 0 atom stereocenters. The summed E-state index contributed by atoms with van der Waals surface area (Å²) in [7, 11) is 0. The highest BCUT2D eigenvalue weighted by atomic mass is 15.1. The van der Waals surface area contributed by atoms with Crippen LogP contribution < -0.4 is 9.80 Å². The van der Waals surface area contributed by atoms with Crippen molar-refractivity contribution in [2.45, 2.75) is 26.2 Å². The minimum atomic E-state index is -0.375. The standard InChI is InChI=1S/C46H40N2/c1-35-15-13-23-44(33-35)47(40-19-9-5-10-20-40)42-29-25-38(26-30-42)46(3,37-17-7-4-8-18-37)39-27-31-43(32-28-39)48(41-21-11-6-12-22-41)45-24-14-16-36(2)34-45/h4-34H,1-3H3. The molecule has 0 unspecified atom stereocenters. The number of benzene rings is 7. The van der Waals surface area contributed by atoms with Crippen LogP contribution in [-0.2, 0) is 5.41 Å². The fourth-order valence-corrected chi connectivity index (χ4v) is 6.74. The molecule has 0 spiro atoms. The topological polar surface area (TPSA) is 6.48 Å². The van der Waals surface area contributed by atoms with Gasteiger partial charge in [0.25, 0.3) is 0 Å². The Morgan fingerprint density at radius 2 is 0.625 bits per heavy atom. The third kappa shape index (κ3) is 6.13. The van der Waals surface area contributed by atoms with E-state index in [1.165, 1.54) is 27.8 Å². The van der Waals surface area contributed by atoms with Gasteiger partial charge in [-0.2, -0.15) is 0 Å². The van der Waals surface area contributed by atoms with Gasteiger partial charge in [-0.15, -0.1) is 0 Å². The molecule has 0 saturated heterocycles. The second-order valence-corrected chi connectivity index (χ2v) is 12.6. The van der Waals surface area contributed by atoms with Gasteiger partial charge in [0.1, 0.15) is 0 Å². The Bertz CT molecular complexity index is 1950. The maximum atomic E-state index is 2.34. The van der Waals surface area contributed by atoms with Crippen LogP contribution in [0.5, 0.6) is 0 Å². The summed E-state index contributed by atoms with van der Waals surface area (Å²) in [6, 6.07) is 67.7. The first kappa shape index (κ1) is 30.8. The molecule has 7 rings (SSSR count). The number of anilines is 6. The number of para-hydroxylation sites is 2. The van der Waals surface area contributed by atoms with Gasteiger partial charge < -0.3 is 9.80 Å². The molecule has 0 aromatic heterocycles. The van der Waals surface area contributed by atoms with Crippen LogP contribution in [0.2, 0.25) is 0 Å². The average Bonchev–Trinajstić information content (AvgIpc) is 3.13. The summed E-state index contributed by atoms with van der Waals surface area (Å²) in [5, 5.41) is 0. The Balaban J connectivity index is 1.30. The Morgan fingerprint density at radius 1 is 0.312 bits per heavy atom. The van der Waals surface area contributed by atoms with E-state index in [1.807, 2.05) is 0 Å². The summed E-state index contributed by atoms with van der Waals surface area (Å²) < 4.78 is 0. The van der Waals surface area contributed by atoms with Crippen LogP contribution in [0.15, 0.2) is 188 Å². The Morgan fingerprint density at radius 3 is 1.00 bits per heavy atom. The van der Waals surface area contributed by atoms with Crippen LogP contribution >= 0.6 is 0 Å². The van der Waals surface area contributed by atoms with Crippen molar-refractivity contribution >= 4 is 34.1 Å². The van der Waals surface area contributed by atoms with Gasteiger partial charge in [0, 0.05) is 39.5 Å². The molecular formula is C46H40N2. The van der Waals surface area contributed by atoms with E-state index in [0.29, 0.717) is 0 Å². The number of hydrogen-bond donors (Lipinski definition) is 0. The van der Waals surface area contributed by atoms with E-state index in [9.17, 15) is 0 Å². The second-order valence-electron chi connectivity index (χ2n) is 12.6. The minimum Gasteiger partial charge on any atom is -0.310 e. The zero-order valence-electron chi connectivity index (χ0n) is 27.8. The smallest absolute Gasteiger partial charge is 0.0464 e. The number of nitrogens with zero attached hydrogens (tertiary/aromatic N) is 2. The highest BCUT2D eigenvalue weighted by Crippen LogP contribution is 2.43. The Kier molecular flexibility index (Phi) is 8.64. The van der Waals surface area contributed by atoms with E-state index < -0.39 is 0 Å². The van der Waals surface area contributed by atoms with E-state index in [1.54, 1.807) is 0 Å². The molecule has 0 aliphatic carbocycles. The molecule has 0 aliphatic heterocycles. The van der Waals surface area contributed by atoms with Gasteiger partial charge in [0.2, 0.25) is 0 Å². The fourth-order valence-electron chi connectivity index (χ4n) is 6.74. The van der Waals surface area contributed by atoms with E-state index >= 15 is 0 Å². The minimum absolute atomic E-state index is 0.375. The predicted octanol–water partition coefficient (Wildman–Crippen LogP) is 12.6. The van der Waals surface area contributed by atoms with Gasteiger partial charge >= 0.3 is 0 Å². The molecule has 234 valence electrons. The van der Waals surface area contributed by atoms with Crippen LogP contribution in [0.3, 0.4) is 0 Å². The summed E-state index contributed by atoms with van der Waals surface area (Å²) in [5.41, 5.74) is 12.6. The van der Waals surface area contributed by atoms with Crippen molar-refractivity contribution in [3.63, 3.8) is 0 Å². The van der Waals surface area contributed by atoms with Crippen molar-refractivity contribution in [2.24, 2.45) is 0 Å². The number of hydrogen-bond acceptors (Lipinski definition) is 2. The van der Waals surface area contributed by atoms with Gasteiger partial charge in [-0.1, -0.05) is 115 Å². The van der Waals surface area contributed by atoms with Crippen molar-refractivity contribution in [3.8, 4) is 0 Å². The lowest BCUT2D eigenvalue weighted by molar-refractivity contribution is 0.692. The summed E-state index contributed by atoms with van der Waals surface area (Å²) in [6.45, 7) is 6.63. The third-order valence-corrected chi connectivity index (χ3v) is 9.31. The fraction of sp³-hybridized carbons (Fsp3) is 0.0870. The molecule has 0 N–H and O–H groups in total. The third-order valence-electron chi connectivity index (χ3n) is 9.31. The Hall–Kier alpha value is -5.86. The molecule has 0 aliphatic rings. The normalized spacial score (nSPS) is 11.2. The summed E-state index contributed by atoms with van der Waals surface area (Å²) in [4.78, 5) is 4.66. The lowest BCUT2D eigenvalue weighted by Crippen LogP contribution is -2.25. The molecule has 0 saturated carbocycles. The maximum absolute atomic E-state index is 2.34. The first-order valence-corrected chi connectivity index (χ1v) is 16.6. The second kappa shape index (κ2) is 13.5. The zero-order valence-corrected chi connectivity index (χ0v) is 27.8. The van der Waals surface area contributed by atoms with Crippen LogP contribution in [0, 0.1) is 13.8 Å². The summed E-state index contributed by atoms with van der Waals surface area (Å²) in [5.74, 6) is 0. The van der Waals surface area contributed by atoms with Crippen LogP contribution in [0.4, 0.5) is 34.1 Å². The molecule has 0 bridgehead atoms. The average molecular weight is 621 g/mol. The Labute approximate surface area is 285 Å². The van der Waals surface area contributed by atoms with Gasteiger partial charge in [0.05, 0.1) is 0 Å². The molecule has 0 fully saturated rings. The van der Waals surface area contributed by atoms with Crippen molar-refractivity contribution in [1.29, 1.82) is 0 Å². The van der Waals surface area contributed by atoms with Crippen LogP contribution in [0.25, 0.3) is 0 Å². The van der Waals surface area contributed by atoms with Gasteiger partial charge in [-0.3, -0.25) is 0 Å². The van der Waals surface area contributed by atoms with Crippen molar-refractivity contribution < 1.29 is 0 Å². The molecule has 0 radical (unpaired) electrons. The molecule has 7 aromatic rings. The van der Waals surface area contributed by atoms with Gasteiger partial charge in [-0.25, -0.2) is 0 Å². The SMILES string of the molecule is Cc1cccc(N(c2ccccc2)c2ccc(C(C)(c3ccccc3)c3ccc(N(c4ccccc4)c4cccc(C)c4)cc3)cc2)c1. The zero-order chi connectivity index (χ0) is 32.9. The highest BCUT2D eigenvalue weighted by molar-refractivity contribution is 5.78. The predicted molar refractivity (Wildman–Crippen MR) is 204 cm³/mol. The monoisotopic (exact) mass is 620 g/mol. The highest BCUT2D eigenvalue weighted by Gasteiger charge is 2.31. The number of rotatable bonds is 9. The molecule has 48 heavy (non-hydrogen) atoms. The lowest BCUT2D eigenvalue weighted by Gasteiger charge is -2.33. The molecule has 7 aromatic carbocycles. The summed E-state index contributed by atoms with van der Waals surface area (Å²) >= 11 is 0. The first-order valence-electron chi connectivity index (χ1n) is 16.6.